The van der Waals surface area contributed by atoms with Gasteiger partial charge >= 0.3 is 23.7 Å². The quantitative estimate of drug-likeness (QED) is 0.589. The van der Waals surface area contributed by atoms with Gasteiger partial charge in [0.05, 0.1) is 6.20 Å². The Bertz CT molecular complexity index is 1000. The normalized spacial score (nSPS) is 11.3. The van der Waals surface area contributed by atoms with E-state index in [9.17, 15) is 33.9 Å². The molecular formula is C21H31N5O9. The Labute approximate surface area is 201 Å². The number of aromatic nitrogens is 2. The number of ether oxygens (including phenoxy) is 2. The van der Waals surface area contributed by atoms with Crippen molar-refractivity contribution in [2.24, 2.45) is 0 Å². The summed E-state index contributed by atoms with van der Waals surface area (Å²) in [5.74, 6) is -3.83. The molecule has 4 amide bonds. The largest absolute Gasteiger partial charge is 0.477 e. The predicted molar refractivity (Wildman–Crippen MR) is 121 cm³/mol. The molecule has 0 saturated carbocycles. The van der Waals surface area contributed by atoms with E-state index in [1.165, 1.54) is 14.1 Å². The van der Waals surface area contributed by atoms with Gasteiger partial charge in [-0.2, -0.15) is 10.1 Å². The Hall–Kier alpha value is -3.97. The van der Waals surface area contributed by atoms with Gasteiger partial charge in [-0.1, -0.05) is 0 Å². The van der Waals surface area contributed by atoms with Crippen molar-refractivity contribution in [1.82, 2.24) is 19.7 Å². The summed E-state index contributed by atoms with van der Waals surface area (Å²) in [7, 11) is 2.46. The summed E-state index contributed by atoms with van der Waals surface area (Å²) in [5.41, 5.74) is -3.77. The first-order valence-corrected chi connectivity index (χ1v) is 10.4. The molecule has 1 aromatic rings. The number of imide groups is 1. The molecule has 0 unspecified atom stereocenters. The fraction of sp³-hybridized carbons (Fsp3) is 0.571. The predicted octanol–water partition coefficient (Wildman–Crippen LogP) is 0.667. The molecule has 14 nitrogen and oxygen atoms in total. The number of carboxylic acids is 1. The van der Waals surface area contributed by atoms with Crippen LogP contribution in [0.2, 0.25) is 0 Å². The maximum absolute atomic E-state index is 13.1. The molecule has 1 aromatic heterocycles. The van der Waals surface area contributed by atoms with Gasteiger partial charge in [0, 0.05) is 14.1 Å². The third kappa shape index (κ3) is 8.72. The van der Waals surface area contributed by atoms with Crippen molar-refractivity contribution in [3.05, 3.63) is 28.2 Å². The first-order chi connectivity index (χ1) is 15.8. The number of hydrogen-bond acceptors (Lipinski definition) is 9. The number of hydrogen-bond donors (Lipinski definition) is 1. The molecule has 194 valence electrons. The highest BCUT2D eigenvalue weighted by Gasteiger charge is 2.32. The number of carboxylic acid groups (broad SMARTS) is 1. The van der Waals surface area contributed by atoms with Gasteiger partial charge in [0.2, 0.25) is 0 Å². The number of likely N-dealkylation sites (N-methyl/N-ethyl adjacent to an activating group) is 2. The molecule has 0 aliphatic carbocycles. The number of rotatable bonds is 6. The SMILES string of the molecule is CN(CC(=O)N(C(=O)CN(C)C(=O)OC(C)(C)C)n1nccc(C(=O)O)c1=O)C(=O)OC(C)(C)C. The second kappa shape index (κ2) is 11.0. The number of carbonyl (C=O) groups excluding carboxylic acids is 4. The second-order valence-electron chi connectivity index (χ2n) is 9.52. The van der Waals surface area contributed by atoms with Crippen LogP contribution in [-0.4, -0.2) is 93.2 Å². The van der Waals surface area contributed by atoms with Crippen molar-refractivity contribution in [3.8, 4) is 0 Å². The van der Waals surface area contributed by atoms with Crippen molar-refractivity contribution in [2.45, 2.75) is 52.7 Å². The highest BCUT2D eigenvalue weighted by atomic mass is 16.6. The van der Waals surface area contributed by atoms with Crippen LogP contribution in [0.5, 0.6) is 0 Å². The molecule has 0 radical (unpaired) electrons. The summed E-state index contributed by atoms with van der Waals surface area (Å²) in [6, 6.07) is 0.897. The molecule has 1 N–H and O–H groups in total. The number of nitrogens with zero attached hydrogens (tertiary/aromatic N) is 5. The first-order valence-electron chi connectivity index (χ1n) is 10.4. The minimum absolute atomic E-state index is 0.260. The van der Waals surface area contributed by atoms with Crippen molar-refractivity contribution in [1.29, 1.82) is 0 Å². The lowest BCUT2D eigenvalue weighted by molar-refractivity contribution is -0.130. The van der Waals surface area contributed by atoms with Crippen molar-refractivity contribution >= 4 is 30.0 Å². The van der Waals surface area contributed by atoms with Crippen LogP contribution in [0, 0.1) is 0 Å². The number of amides is 4. The minimum Gasteiger partial charge on any atom is -0.477 e. The second-order valence-corrected chi connectivity index (χ2v) is 9.52. The van der Waals surface area contributed by atoms with Crippen molar-refractivity contribution in [2.75, 3.05) is 32.2 Å². The Balaban J connectivity index is 3.33. The van der Waals surface area contributed by atoms with Crippen LogP contribution in [0.25, 0.3) is 0 Å². The van der Waals surface area contributed by atoms with Gasteiger partial charge in [-0.05, 0) is 47.6 Å². The van der Waals surface area contributed by atoms with Gasteiger partial charge in [0.1, 0.15) is 29.9 Å². The van der Waals surface area contributed by atoms with Gasteiger partial charge in [0.25, 0.3) is 11.8 Å². The van der Waals surface area contributed by atoms with Crippen molar-refractivity contribution < 1.29 is 38.6 Å². The van der Waals surface area contributed by atoms with E-state index >= 15 is 0 Å². The summed E-state index contributed by atoms with van der Waals surface area (Å²) >= 11 is 0. The lowest BCUT2D eigenvalue weighted by Gasteiger charge is -2.28. The van der Waals surface area contributed by atoms with Crippen LogP contribution >= 0.6 is 0 Å². The van der Waals surface area contributed by atoms with E-state index in [1.807, 2.05) is 0 Å². The highest BCUT2D eigenvalue weighted by Crippen LogP contribution is 2.10. The van der Waals surface area contributed by atoms with Gasteiger partial charge in [-0.3, -0.25) is 14.4 Å². The maximum atomic E-state index is 13.1. The minimum atomic E-state index is -1.61. The van der Waals surface area contributed by atoms with E-state index in [1.54, 1.807) is 41.5 Å². The molecule has 0 spiro atoms. The van der Waals surface area contributed by atoms with Crippen LogP contribution < -0.4 is 10.6 Å². The van der Waals surface area contributed by atoms with Crippen LogP contribution in [0.1, 0.15) is 51.9 Å². The van der Waals surface area contributed by atoms with Crippen LogP contribution in [-0.2, 0) is 19.1 Å². The molecule has 0 bridgehead atoms. The molecular weight excluding hydrogens is 466 g/mol. The van der Waals surface area contributed by atoms with Crippen molar-refractivity contribution in [3.63, 3.8) is 0 Å². The van der Waals surface area contributed by atoms with E-state index < -0.39 is 65.4 Å². The summed E-state index contributed by atoms with van der Waals surface area (Å²) in [6.45, 7) is 8.22. The monoisotopic (exact) mass is 497 g/mol. The molecule has 35 heavy (non-hydrogen) atoms. The lowest BCUT2D eigenvalue weighted by atomic mass is 10.2. The molecule has 0 fully saturated rings. The highest BCUT2D eigenvalue weighted by molar-refractivity contribution is 6.10. The van der Waals surface area contributed by atoms with Gasteiger partial charge in [-0.15, -0.1) is 4.79 Å². The summed E-state index contributed by atoms with van der Waals surface area (Å²) in [6.07, 6.45) is -0.861. The summed E-state index contributed by atoms with van der Waals surface area (Å²) < 4.78 is 10.3. The Morgan fingerprint density at radius 3 is 1.63 bits per heavy atom. The topological polar surface area (TPSA) is 169 Å². The first kappa shape index (κ1) is 29.1. The molecule has 0 atom stereocenters. The third-order valence-corrected chi connectivity index (χ3v) is 3.88. The number of carbonyl (C=O) groups is 5. The van der Waals surface area contributed by atoms with E-state index in [0.29, 0.717) is 0 Å². The molecule has 0 aromatic carbocycles. The van der Waals surface area contributed by atoms with Crippen LogP contribution in [0.3, 0.4) is 0 Å². The molecule has 0 aliphatic rings. The fourth-order valence-electron chi connectivity index (χ4n) is 2.41. The average molecular weight is 498 g/mol. The Kier molecular flexibility index (Phi) is 9.11. The zero-order valence-corrected chi connectivity index (χ0v) is 21.0. The zero-order valence-electron chi connectivity index (χ0n) is 21.0. The third-order valence-electron chi connectivity index (χ3n) is 3.88. The molecule has 0 saturated heterocycles. The fourth-order valence-corrected chi connectivity index (χ4v) is 2.41. The lowest BCUT2D eigenvalue weighted by Crippen LogP contribution is -2.58. The maximum Gasteiger partial charge on any atom is 0.410 e. The zero-order chi connectivity index (χ0) is 27.3. The number of aromatic carboxylic acids is 1. The van der Waals surface area contributed by atoms with Crippen LogP contribution in [0.4, 0.5) is 9.59 Å². The average Bonchev–Trinajstić information content (AvgIpc) is 2.66. The van der Waals surface area contributed by atoms with Crippen LogP contribution in [0.15, 0.2) is 17.1 Å². The molecule has 0 aliphatic heterocycles. The Morgan fingerprint density at radius 1 is 0.886 bits per heavy atom. The van der Waals surface area contributed by atoms with Gasteiger partial charge in [-0.25, -0.2) is 14.4 Å². The standard InChI is InChI=1S/C21H31N5O9/c1-20(2,3)34-18(32)23(7)11-14(27)25(26-16(29)13(17(30)31)9-10-22-26)15(28)12-24(8)19(33)35-21(4,5)6/h9-10H,11-12H2,1-8H3,(H,30,31). The van der Waals surface area contributed by atoms with Gasteiger partial charge in [0.15, 0.2) is 0 Å². The smallest absolute Gasteiger partial charge is 0.410 e. The summed E-state index contributed by atoms with van der Waals surface area (Å²) in [5, 5.41) is 13.1. The molecule has 1 heterocycles. The van der Waals surface area contributed by atoms with E-state index in [2.05, 4.69) is 5.10 Å². The van der Waals surface area contributed by atoms with E-state index in [-0.39, 0.29) is 9.80 Å². The van der Waals surface area contributed by atoms with E-state index in [4.69, 9.17) is 9.47 Å². The molecule has 14 heteroatoms. The molecule has 1 rings (SSSR count). The Morgan fingerprint density at radius 2 is 1.29 bits per heavy atom. The van der Waals surface area contributed by atoms with E-state index in [0.717, 1.165) is 22.1 Å². The summed E-state index contributed by atoms with van der Waals surface area (Å²) in [4.78, 5) is 76.6. The van der Waals surface area contributed by atoms with Gasteiger partial charge < -0.3 is 24.4 Å².